The number of hydrogen-bond acceptors (Lipinski definition) is 5. The van der Waals surface area contributed by atoms with E-state index in [1.54, 1.807) is 0 Å². The molecule has 0 aliphatic heterocycles. The molecule has 3 aromatic rings. The number of rotatable bonds is 7. The van der Waals surface area contributed by atoms with Crippen LogP contribution in [-0.4, -0.2) is 42.1 Å². The van der Waals surface area contributed by atoms with Crippen molar-refractivity contribution in [3.05, 3.63) is 65.7 Å². The summed E-state index contributed by atoms with van der Waals surface area (Å²) in [4.78, 5) is 11.4. The van der Waals surface area contributed by atoms with E-state index in [-0.39, 0.29) is 0 Å². The Kier molecular flexibility index (Phi) is 6.04. The molecular weight excluding hydrogens is 346 g/mol. The molecule has 0 saturated heterocycles. The van der Waals surface area contributed by atoms with E-state index in [2.05, 4.69) is 25.5 Å². The summed E-state index contributed by atoms with van der Waals surface area (Å²) in [5.41, 5.74) is 2.80. The molecule has 0 aliphatic carbocycles. The zero-order valence-electron chi connectivity index (χ0n) is 14.9. The van der Waals surface area contributed by atoms with Crippen LogP contribution < -0.4 is 10.6 Å². The van der Waals surface area contributed by atoms with E-state index in [0.29, 0.717) is 11.0 Å². The van der Waals surface area contributed by atoms with Crippen molar-refractivity contribution in [3.8, 4) is 11.3 Å². The first kappa shape index (κ1) is 18.2. The summed E-state index contributed by atoms with van der Waals surface area (Å²) in [5, 5.41) is 7.31. The lowest BCUT2D eigenvalue weighted by Gasteiger charge is -2.13. The van der Waals surface area contributed by atoms with E-state index < -0.39 is 0 Å². The van der Waals surface area contributed by atoms with E-state index in [0.717, 1.165) is 35.9 Å². The lowest BCUT2D eigenvalue weighted by Crippen LogP contribution is -2.21. The van der Waals surface area contributed by atoms with Gasteiger partial charge in [0.1, 0.15) is 5.82 Å². The molecule has 0 radical (unpaired) electrons. The summed E-state index contributed by atoms with van der Waals surface area (Å²) in [6.45, 7) is 1.73. The monoisotopic (exact) mass is 367 g/mol. The minimum atomic E-state index is 0.543. The van der Waals surface area contributed by atoms with Crippen LogP contribution in [-0.2, 0) is 0 Å². The lowest BCUT2D eigenvalue weighted by atomic mass is 10.1. The highest BCUT2D eigenvalue weighted by Gasteiger charge is 2.07. The quantitative estimate of drug-likeness (QED) is 0.643. The highest BCUT2D eigenvalue weighted by atomic mass is 35.5. The fourth-order valence-electron chi connectivity index (χ4n) is 2.42. The van der Waals surface area contributed by atoms with Gasteiger partial charge in [0, 0.05) is 35.4 Å². The number of hydrogen-bond donors (Lipinski definition) is 2. The number of halogens is 1. The number of nitrogens with zero attached hydrogens (tertiary/aromatic N) is 3. The Morgan fingerprint density at radius 2 is 1.69 bits per heavy atom. The molecule has 6 heteroatoms. The van der Waals surface area contributed by atoms with Crippen molar-refractivity contribution in [2.75, 3.05) is 37.8 Å². The first-order valence-corrected chi connectivity index (χ1v) is 8.83. The average molecular weight is 368 g/mol. The summed E-state index contributed by atoms with van der Waals surface area (Å²) >= 11 is 5.95. The van der Waals surface area contributed by atoms with Crippen LogP contribution in [0.5, 0.6) is 0 Å². The second kappa shape index (κ2) is 8.65. The Hall–Kier alpha value is -2.63. The van der Waals surface area contributed by atoms with Gasteiger partial charge in [-0.15, -0.1) is 0 Å². The minimum absolute atomic E-state index is 0.543. The summed E-state index contributed by atoms with van der Waals surface area (Å²) in [7, 11) is 4.09. The van der Waals surface area contributed by atoms with E-state index >= 15 is 0 Å². The largest absolute Gasteiger partial charge is 0.369 e. The summed E-state index contributed by atoms with van der Waals surface area (Å²) < 4.78 is 0. The maximum absolute atomic E-state index is 5.95. The van der Waals surface area contributed by atoms with Crippen molar-refractivity contribution in [3.63, 3.8) is 0 Å². The van der Waals surface area contributed by atoms with Crippen LogP contribution in [0.1, 0.15) is 0 Å². The number of anilines is 3. The van der Waals surface area contributed by atoms with Crippen LogP contribution in [0.4, 0.5) is 17.5 Å². The summed E-state index contributed by atoms with van der Waals surface area (Å²) in [6.07, 6.45) is 0. The second-order valence-electron chi connectivity index (χ2n) is 6.19. The Balaban J connectivity index is 1.87. The molecule has 0 aliphatic rings. The van der Waals surface area contributed by atoms with Crippen molar-refractivity contribution < 1.29 is 0 Å². The molecule has 5 nitrogen and oxygen atoms in total. The predicted octanol–water partition coefficient (Wildman–Crippen LogP) is 4.51. The van der Waals surface area contributed by atoms with Gasteiger partial charge in [0.05, 0.1) is 5.69 Å². The zero-order chi connectivity index (χ0) is 18.4. The van der Waals surface area contributed by atoms with Crippen molar-refractivity contribution in [1.82, 2.24) is 14.9 Å². The van der Waals surface area contributed by atoms with Crippen LogP contribution in [0.15, 0.2) is 60.7 Å². The number of benzene rings is 2. The van der Waals surface area contributed by atoms with Crippen molar-refractivity contribution in [2.45, 2.75) is 0 Å². The average Bonchev–Trinajstić information content (AvgIpc) is 2.64. The molecule has 1 heterocycles. The minimum Gasteiger partial charge on any atom is -0.369 e. The molecule has 134 valence electrons. The second-order valence-corrected chi connectivity index (χ2v) is 6.63. The maximum Gasteiger partial charge on any atom is 0.229 e. The summed E-state index contributed by atoms with van der Waals surface area (Å²) in [6, 6.07) is 19.5. The van der Waals surface area contributed by atoms with E-state index in [9.17, 15) is 0 Å². The third kappa shape index (κ3) is 5.18. The molecule has 0 saturated carbocycles. The van der Waals surface area contributed by atoms with Gasteiger partial charge in [-0.2, -0.15) is 4.98 Å². The molecule has 2 aromatic carbocycles. The first-order chi connectivity index (χ1) is 12.6. The van der Waals surface area contributed by atoms with Gasteiger partial charge < -0.3 is 15.5 Å². The SMILES string of the molecule is CN(C)CCNc1cc(-c2ccccc2)nc(Nc2ccc(Cl)cc2)n1. The van der Waals surface area contributed by atoms with Gasteiger partial charge in [-0.3, -0.25) is 0 Å². The van der Waals surface area contributed by atoms with Crippen LogP contribution in [0, 0.1) is 0 Å². The molecule has 1 aromatic heterocycles. The molecule has 0 bridgehead atoms. The molecule has 0 unspecified atom stereocenters. The molecule has 0 spiro atoms. The lowest BCUT2D eigenvalue weighted by molar-refractivity contribution is 0.425. The van der Waals surface area contributed by atoms with Gasteiger partial charge in [0.15, 0.2) is 0 Å². The molecular formula is C20H22ClN5. The third-order valence-electron chi connectivity index (χ3n) is 3.76. The number of nitrogens with one attached hydrogen (secondary N) is 2. The van der Waals surface area contributed by atoms with Crippen molar-refractivity contribution >= 4 is 29.1 Å². The van der Waals surface area contributed by atoms with E-state index in [1.807, 2.05) is 74.8 Å². The van der Waals surface area contributed by atoms with Gasteiger partial charge in [-0.1, -0.05) is 41.9 Å². The van der Waals surface area contributed by atoms with Gasteiger partial charge >= 0.3 is 0 Å². The Labute approximate surface area is 159 Å². The number of likely N-dealkylation sites (N-methyl/N-ethyl adjacent to an activating group) is 1. The predicted molar refractivity (Wildman–Crippen MR) is 109 cm³/mol. The highest BCUT2D eigenvalue weighted by molar-refractivity contribution is 6.30. The van der Waals surface area contributed by atoms with Crippen molar-refractivity contribution in [1.29, 1.82) is 0 Å². The van der Waals surface area contributed by atoms with E-state index in [1.165, 1.54) is 0 Å². The fraction of sp³-hybridized carbons (Fsp3) is 0.200. The van der Waals surface area contributed by atoms with Gasteiger partial charge in [0.25, 0.3) is 0 Å². The standard InChI is InChI=1S/C20H22ClN5/c1-26(2)13-12-22-19-14-18(15-6-4-3-5-7-15)24-20(25-19)23-17-10-8-16(21)9-11-17/h3-11,14H,12-13H2,1-2H3,(H2,22,23,24,25). The van der Waals surface area contributed by atoms with Crippen LogP contribution in [0.25, 0.3) is 11.3 Å². The Morgan fingerprint density at radius 3 is 2.38 bits per heavy atom. The normalized spacial score (nSPS) is 10.8. The van der Waals surface area contributed by atoms with Gasteiger partial charge in [-0.25, -0.2) is 4.98 Å². The summed E-state index contributed by atoms with van der Waals surface area (Å²) in [5.74, 6) is 1.33. The van der Waals surface area contributed by atoms with Crippen LogP contribution in [0.2, 0.25) is 5.02 Å². The fourth-order valence-corrected chi connectivity index (χ4v) is 2.55. The molecule has 3 rings (SSSR count). The van der Waals surface area contributed by atoms with Gasteiger partial charge in [0.2, 0.25) is 5.95 Å². The topological polar surface area (TPSA) is 53.1 Å². The third-order valence-corrected chi connectivity index (χ3v) is 4.01. The van der Waals surface area contributed by atoms with E-state index in [4.69, 9.17) is 11.6 Å². The van der Waals surface area contributed by atoms with Crippen molar-refractivity contribution in [2.24, 2.45) is 0 Å². The highest BCUT2D eigenvalue weighted by Crippen LogP contribution is 2.23. The molecule has 0 fully saturated rings. The Bertz CT molecular complexity index is 835. The molecule has 26 heavy (non-hydrogen) atoms. The maximum atomic E-state index is 5.95. The Morgan fingerprint density at radius 1 is 0.962 bits per heavy atom. The smallest absolute Gasteiger partial charge is 0.229 e. The molecule has 0 atom stereocenters. The molecule has 0 amide bonds. The molecule has 2 N–H and O–H groups in total. The van der Waals surface area contributed by atoms with Crippen LogP contribution >= 0.6 is 11.6 Å². The first-order valence-electron chi connectivity index (χ1n) is 8.46. The van der Waals surface area contributed by atoms with Crippen LogP contribution in [0.3, 0.4) is 0 Å². The zero-order valence-corrected chi connectivity index (χ0v) is 15.7. The number of aromatic nitrogens is 2. The van der Waals surface area contributed by atoms with Gasteiger partial charge in [-0.05, 0) is 38.4 Å².